The molecule has 0 saturated carbocycles. The molecule has 0 aromatic heterocycles. The lowest BCUT2D eigenvalue weighted by molar-refractivity contribution is -0.109. The van der Waals surface area contributed by atoms with Gasteiger partial charge in [0.25, 0.3) is 0 Å². The van der Waals surface area contributed by atoms with Crippen LogP contribution in [0.4, 0.5) is 0 Å². The van der Waals surface area contributed by atoms with E-state index in [1.54, 1.807) is 0 Å². The fraction of sp³-hybridized carbons (Fsp3) is 0.250. The van der Waals surface area contributed by atoms with Crippen molar-refractivity contribution in [3.8, 4) is 0 Å². The van der Waals surface area contributed by atoms with Crippen molar-refractivity contribution in [3.05, 3.63) is 23.4 Å². The van der Waals surface area contributed by atoms with E-state index in [2.05, 4.69) is 4.99 Å². The molecular weight excluding hydrogens is 126 g/mol. The molecular formula is C8H7NO. The van der Waals surface area contributed by atoms with Gasteiger partial charge in [0, 0.05) is 5.57 Å². The molecule has 0 amide bonds. The molecule has 10 heavy (non-hydrogen) atoms. The monoisotopic (exact) mass is 133 g/mol. The van der Waals surface area contributed by atoms with Crippen molar-refractivity contribution in [2.24, 2.45) is 4.99 Å². The van der Waals surface area contributed by atoms with Crippen LogP contribution in [0.3, 0.4) is 0 Å². The average Bonchev–Trinajstić information content (AvgIpc) is 2.34. The summed E-state index contributed by atoms with van der Waals surface area (Å²) >= 11 is 0. The van der Waals surface area contributed by atoms with Gasteiger partial charge in [0.2, 0.25) is 5.78 Å². The summed E-state index contributed by atoms with van der Waals surface area (Å²) in [6, 6.07) is 0. The third kappa shape index (κ3) is 0.652. The molecule has 0 saturated heterocycles. The largest absolute Gasteiger partial charge is 0.287 e. The summed E-state index contributed by atoms with van der Waals surface area (Å²) in [4.78, 5) is 14.9. The van der Waals surface area contributed by atoms with Gasteiger partial charge < -0.3 is 0 Å². The molecule has 0 aromatic rings. The predicted molar refractivity (Wildman–Crippen MR) is 38.9 cm³/mol. The van der Waals surface area contributed by atoms with E-state index < -0.39 is 0 Å². The molecule has 2 heteroatoms. The van der Waals surface area contributed by atoms with Crippen LogP contribution < -0.4 is 0 Å². The molecule has 0 unspecified atom stereocenters. The van der Waals surface area contributed by atoms with Crippen molar-refractivity contribution in [2.45, 2.75) is 12.8 Å². The van der Waals surface area contributed by atoms with Gasteiger partial charge in [0.1, 0.15) is 0 Å². The minimum atomic E-state index is 0.0611. The fourth-order valence-corrected chi connectivity index (χ4v) is 1.22. The normalized spacial score (nSPS) is 22.2. The summed E-state index contributed by atoms with van der Waals surface area (Å²) in [5, 5.41) is 0. The summed E-state index contributed by atoms with van der Waals surface area (Å²) in [7, 11) is 0. The molecule has 0 N–H and O–H groups in total. The molecule has 2 rings (SSSR count). The van der Waals surface area contributed by atoms with Crippen LogP contribution in [-0.4, -0.2) is 12.0 Å². The topological polar surface area (TPSA) is 29.4 Å². The Bertz CT molecular complexity index is 271. The lowest BCUT2D eigenvalue weighted by Gasteiger charge is -2.02. The Morgan fingerprint density at radius 2 is 2.40 bits per heavy atom. The molecule has 0 bridgehead atoms. The second-order valence-electron chi connectivity index (χ2n) is 2.42. The Labute approximate surface area is 59.0 Å². The quantitative estimate of drug-likeness (QED) is 0.489. The molecule has 1 aliphatic heterocycles. The van der Waals surface area contributed by atoms with E-state index in [1.807, 2.05) is 12.2 Å². The van der Waals surface area contributed by atoms with Crippen LogP contribution in [0.5, 0.6) is 0 Å². The highest BCUT2D eigenvalue weighted by atomic mass is 16.1. The molecule has 1 heterocycles. The summed E-state index contributed by atoms with van der Waals surface area (Å²) in [5.74, 6) is 0.0611. The predicted octanol–water partition coefficient (Wildman–Crippen LogP) is 1.24. The van der Waals surface area contributed by atoms with E-state index in [0.717, 1.165) is 24.1 Å². The summed E-state index contributed by atoms with van der Waals surface area (Å²) in [5.41, 5.74) is 1.76. The number of ketones is 1. The average molecular weight is 133 g/mol. The van der Waals surface area contributed by atoms with E-state index in [-0.39, 0.29) is 5.78 Å². The number of aliphatic imine (C=N–C) groups is 1. The van der Waals surface area contributed by atoms with Crippen LogP contribution in [0, 0.1) is 0 Å². The molecule has 1 aliphatic carbocycles. The van der Waals surface area contributed by atoms with Crippen LogP contribution in [-0.2, 0) is 4.79 Å². The second-order valence-corrected chi connectivity index (χ2v) is 2.42. The summed E-state index contributed by atoms with van der Waals surface area (Å²) in [6.45, 7) is 0. The first-order valence-electron chi connectivity index (χ1n) is 3.36. The summed E-state index contributed by atoms with van der Waals surface area (Å²) in [6.07, 6.45) is 7.23. The van der Waals surface area contributed by atoms with Gasteiger partial charge in [-0.3, -0.25) is 9.79 Å². The number of carbonyl (C=O) groups excluding carboxylic acids is 1. The number of nitrogens with zero attached hydrogens (tertiary/aromatic N) is 1. The molecule has 0 spiro atoms. The van der Waals surface area contributed by atoms with Crippen molar-refractivity contribution in [2.75, 3.05) is 0 Å². The van der Waals surface area contributed by atoms with Gasteiger partial charge in [-0.1, -0.05) is 12.2 Å². The molecule has 0 atom stereocenters. The zero-order valence-corrected chi connectivity index (χ0v) is 5.50. The van der Waals surface area contributed by atoms with E-state index in [0.29, 0.717) is 0 Å². The smallest absolute Gasteiger partial charge is 0.205 e. The maximum Gasteiger partial charge on any atom is 0.205 e. The Morgan fingerprint density at radius 3 is 3.20 bits per heavy atom. The fourth-order valence-electron chi connectivity index (χ4n) is 1.22. The molecule has 0 aromatic carbocycles. The Morgan fingerprint density at radius 1 is 1.50 bits per heavy atom. The van der Waals surface area contributed by atoms with Crippen molar-refractivity contribution >= 4 is 12.0 Å². The Balaban J connectivity index is 2.46. The molecule has 50 valence electrons. The number of rotatable bonds is 0. The highest BCUT2D eigenvalue weighted by Crippen LogP contribution is 2.23. The third-order valence-corrected chi connectivity index (χ3v) is 1.75. The maximum atomic E-state index is 11.0. The van der Waals surface area contributed by atoms with Crippen LogP contribution in [0.25, 0.3) is 0 Å². The molecule has 2 nitrogen and oxygen atoms in total. The number of hydrogen-bond acceptors (Lipinski definition) is 2. The van der Waals surface area contributed by atoms with Crippen molar-refractivity contribution in [1.29, 1.82) is 0 Å². The first-order valence-corrected chi connectivity index (χ1v) is 3.36. The van der Waals surface area contributed by atoms with Gasteiger partial charge >= 0.3 is 0 Å². The molecule has 2 aliphatic rings. The van der Waals surface area contributed by atoms with E-state index in [9.17, 15) is 4.79 Å². The van der Waals surface area contributed by atoms with Gasteiger partial charge in [0.15, 0.2) is 0 Å². The second kappa shape index (κ2) is 1.90. The highest BCUT2D eigenvalue weighted by molar-refractivity contribution is 6.38. The Kier molecular flexibility index (Phi) is 1.07. The lowest BCUT2D eigenvalue weighted by Crippen LogP contribution is -1.98. The first-order chi connectivity index (χ1) is 4.88. The summed E-state index contributed by atoms with van der Waals surface area (Å²) < 4.78 is 0. The molecule has 0 radical (unpaired) electrons. The van der Waals surface area contributed by atoms with Crippen LogP contribution in [0.15, 0.2) is 28.4 Å². The van der Waals surface area contributed by atoms with Crippen LogP contribution in [0.2, 0.25) is 0 Å². The number of carbonyl (C=O) groups is 1. The van der Waals surface area contributed by atoms with Gasteiger partial charge in [-0.2, -0.15) is 0 Å². The van der Waals surface area contributed by atoms with E-state index in [1.165, 1.54) is 6.21 Å². The van der Waals surface area contributed by atoms with Gasteiger partial charge in [-0.15, -0.1) is 0 Å². The van der Waals surface area contributed by atoms with Crippen molar-refractivity contribution in [3.63, 3.8) is 0 Å². The zero-order valence-electron chi connectivity index (χ0n) is 5.50. The van der Waals surface area contributed by atoms with Gasteiger partial charge in [-0.25, -0.2) is 0 Å². The minimum absolute atomic E-state index is 0.0611. The Hall–Kier alpha value is -1.18. The van der Waals surface area contributed by atoms with Gasteiger partial charge in [0.05, 0.1) is 11.9 Å². The number of Topliss-reactive ketones (excluding diaryl/α,β-unsaturated/α-hetero) is 1. The van der Waals surface area contributed by atoms with Crippen molar-refractivity contribution < 1.29 is 4.79 Å². The van der Waals surface area contributed by atoms with Gasteiger partial charge in [-0.05, 0) is 12.8 Å². The standard InChI is InChI=1S/C8H7NO/c10-8-5-9-7-4-2-1-3-6(7)8/h1,3,5H,2,4H2. The minimum Gasteiger partial charge on any atom is -0.287 e. The zero-order chi connectivity index (χ0) is 6.97. The maximum absolute atomic E-state index is 11.0. The molecule has 0 fully saturated rings. The number of hydrogen-bond donors (Lipinski definition) is 0. The first kappa shape index (κ1) is 5.59. The highest BCUT2D eigenvalue weighted by Gasteiger charge is 2.17. The van der Waals surface area contributed by atoms with E-state index in [4.69, 9.17) is 0 Å². The van der Waals surface area contributed by atoms with Crippen LogP contribution in [0.1, 0.15) is 12.8 Å². The van der Waals surface area contributed by atoms with Crippen LogP contribution >= 0.6 is 0 Å². The SMILES string of the molecule is O=C1C=NC2=C1C=CCC2. The van der Waals surface area contributed by atoms with Crippen molar-refractivity contribution in [1.82, 2.24) is 0 Å². The van der Waals surface area contributed by atoms with E-state index >= 15 is 0 Å². The third-order valence-electron chi connectivity index (χ3n) is 1.75. The lowest BCUT2D eigenvalue weighted by atomic mass is 10.0. The number of allylic oxidation sites excluding steroid dienone is 4.